The molecule has 1 rings (SSSR count). The van der Waals surface area contributed by atoms with E-state index >= 15 is 0 Å². The van der Waals surface area contributed by atoms with Gasteiger partial charge in [0.2, 0.25) is 0 Å². The van der Waals surface area contributed by atoms with Crippen molar-refractivity contribution in [1.82, 2.24) is 0 Å². The van der Waals surface area contributed by atoms with Crippen molar-refractivity contribution in [3.8, 4) is 5.75 Å². The fourth-order valence-corrected chi connectivity index (χ4v) is 1.27. The molecule has 0 spiro atoms. The normalized spacial score (nSPS) is 9.76. The largest absolute Gasteiger partial charge is 0.497 e. The van der Waals surface area contributed by atoms with Crippen LogP contribution in [0.3, 0.4) is 0 Å². The number of hydrogen-bond acceptors (Lipinski definition) is 4. The molecule has 1 radical (unpaired) electrons. The van der Waals surface area contributed by atoms with Crippen molar-refractivity contribution in [2.45, 2.75) is 19.8 Å². The van der Waals surface area contributed by atoms with Gasteiger partial charge in [-0.2, -0.15) is 0 Å². The highest BCUT2D eigenvalue weighted by Gasteiger charge is 2.10. The molecule has 0 atom stereocenters. The molecule has 4 heteroatoms. The topological polar surface area (TPSA) is 52.6 Å². The third-order valence-electron chi connectivity index (χ3n) is 2.09. The summed E-state index contributed by atoms with van der Waals surface area (Å²) in [4.78, 5) is 22.4. The lowest BCUT2D eigenvalue weighted by atomic mass is 10.1. The Morgan fingerprint density at radius 2 is 1.88 bits per heavy atom. The van der Waals surface area contributed by atoms with Crippen LogP contribution in [0.5, 0.6) is 5.75 Å². The van der Waals surface area contributed by atoms with E-state index in [9.17, 15) is 9.59 Å². The average molecular weight is 235 g/mol. The molecule has 0 heterocycles. The summed E-state index contributed by atoms with van der Waals surface area (Å²) < 4.78 is 9.58. The van der Waals surface area contributed by atoms with Gasteiger partial charge >= 0.3 is 11.9 Å². The van der Waals surface area contributed by atoms with Crippen LogP contribution in [0.2, 0.25) is 0 Å². The Hall–Kier alpha value is -1.84. The first-order valence-electron chi connectivity index (χ1n) is 5.36. The molecule has 0 aliphatic rings. The van der Waals surface area contributed by atoms with Crippen molar-refractivity contribution in [2.24, 2.45) is 0 Å². The van der Waals surface area contributed by atoms with Gasteiger partial charge in [0.1, 0.15) is 5.75 Å². The van der Waals surface area contributed by atoms with Gasteiger partial charge in [-0.3, -0.25) is 9.59 Å². The Morgan fingerprint density at radius 3 is 2.41 bits per heavy atom. The Bertz CT molecular complexity index is 381. The first-order chi connectivity index (χ1) is 8.15. The average Bonchev–Trinajstić information content (AvgIpc) is 2.30. The number of methoxy groups -OCH3 is 1. The Balaban J connectivity index is 2.47. The van der Waals surface area contributed by atoms with Crippen molar-refractivity contribution in [2.75, 3.05) is 7.11 Å². The van der Waals surface area contributed by atoms with Crippen molar-refractivity contribution >= 4 is 11.9 Å². The molecule has 0 N–H and O–H groups in total. The minimum absolute atomic E-state index is 0.0767. The number of carbonyl (C=O) groups is 2. The van der Waals surface area contributed by atoms with Crippen LogP contribution in [-0.2, 0) is 20.7 Å². The highest BCUT2D eigenvalue weighted by atomic mass is 16.6. The third kappa shape index (κ3) is 4.68. The molecule has 0 aliphatic heterocycles. The number of ether oxygens (including phenoxy) is 2. The van der Waals surface area contributed by atoms with Crippen LogP contribution in [0.15, 0.2) is 24.3 Å². The van der Waals surface area contributed by atoms with Gasteiger partial charge in [0.15, 0.2) is 0 Å². The van der Waals surface area contributed by atoms with Crippen molar-refractivity contribution in [3.05, 3.63) is 36.2 Å². The van der Waals surface area contributed by atoms with Gasteiger partial charge in [0.05, 0.1) is 20.0 Å². The maximum absolute atomic E-state index is 11.4. The lowest BCUT2D eigenvalue weighted by Crippen LogP contribution is -2.14. The summed E-state index contributed by atoms with van der Waals surface area (Å²) in [6.07, 6.45) is 1.95. The SMILES string of the molecule is CC[CH]C(=O)OC(=O)Cc1ccc(OC)cc1. The van der Waals surface area contributed by atoms with Crippen LogP contribution in [0, 0.1) is 6.42 Å². The second kappa shape index (κ2) is 6.68. The van der Waals surface area contributed by atoms with Crippen molar-refractivity contribution in [3.63, 3.8) is 0 Å². The van der Waals surface area contributed by atoms with E-state index in [1.165, 1.54) is 6.42 Å². The zero-order valence-corrected chi connectivity index (χ0v) is 9.93. The third-order valence-corrected chi connectivity index (χ3v) is 2.09. The molecule has 0 aromatic heterocycles. The molecule has 91 valence electrons. The van der Waals surface area contributed by atoms with Crippen LogP contribution in [0.1, 0.15) is 18.9 Å². The van der Waals surface area contributed by atoms with E-state index in [2.05, 4.69) is 4.74 Å². The van der Waals surface area contributed by atoms with Crippen LogP contribution < -0.4 is 4.74 Å². The highest BCUT2D eigenvalue weighted by molar-refractivity contribution is 5.90. The van der Waals surface area contributed by atoms with Crippen molar-refractivity contribution in [1.29, 1.82) is 0 Å². The minimum atomic E-state index is -0.592. The Labute approximate surface area is 101 Å². The summed E-state index contributed by atoms with van der Waals surface area (Å²) in [6, 6.07) is 7.02. The molecular weight excluding hydrogens is 220 g/mol. The summed E-state index contributed by atoms with van der Waals surface area (Å²) in [6.45, 7) is 1.80. The summed E-state index contributed by atoms with van der Waals surface area (Å²) in [5.41, 5.74) is 0.778. The van der Waals surface area contributed by atoms with Gasteiger partial charge in [-0.05, 0) is 24.1 Å². The van der Waals surface area contributed by atoms with Gasteiger partial charge in [0, 0.05) is 0 Å². The van der Waals surface area contributed by atoms with E-state index in [1.54, 1.807) is 38.3 Å². The van der Waals surface area contributed by atoms with Crippen LogP contribution >= 0.6 is 0 Å². The Morgan fingerprint density at radius 1 is 1.24 bits per heavy atom. The fraction of sp³-hybridized carbons (Fsp3) is 0.308. The molecule has 0 saturated carbocycles. The molecule has 1 aromatic carbocycles. The van der Waals surface area contributed by atoms with Gasteiger partial charge in [0.25, 0.3) is 0 Å². The van der Waals surface area contributed by atoms with E-state index in [0.717, 1.165) is 11.3 Å². The molecule has 0 saturated heterocycles. The van der Waals surface area contributed by atoms with Gasteiger partial charge in [-0.15, -0.1) is 0 Å². The molecule has 0 amide bonds. The predicted octanol–water partition coefficient (Wildman–Crippen LogP) is 1.92. The highest BCUT2D eigenvalue weighted by Crippen LogP contribution is 2.12. The van der Waals surface area contributed by atoms with Crippen molar-refractivity contribution < 1.29 is 19.1 Å². The number of carbonyl (C=O) groups excluding carboxylic acids is 2. The second-order valence-electron chi connectivity index (χ2n) is 3.43. The molecule has 17 heavy (non-hydrogen) atoms. The summed E-state index contributed by atoms with van der Waals surface area (Å²) >= 11 is 0. The lowest BCUT2D eigenvalue weighted by molar-refractivity contribution is -0.156. The first kappa shape index (κ1) is 13.2. The smallest absolute Gasteiger partial charge is 0.317 e. The molecule has 0 bridgehead atoms. The van der Waals surface area contributed by atoms with E-state index in [0.29, 0.717) is 6.42 Å². The number of hydrogen-bond donors (Lipinski definition) is 0. The van der Waals surface area contributed by atoms with E-state index in [4.69, 9.17) is 4.74 Å². The molecule has 0 unspecified atom stereocenters. The summed E-state index contributed by atoms with van der Waals surface area (Å²) in [7, 11) is 1.57. The number of esters is 2. The molecule has 0 aliphatic carbocycles. The fourth-order valence-electron chi connectivity index (χ4n) is 1.27. The second-order valence-corrected chi connectivity index (χ2v) is 3.43. The maximum Gasteiger partial charge on any atom is 0.317 e. The minimum Gasteiger partial charge on any atom is -0.497 e. The molecule has 4 nitrogen and oxygen atoms in total. The van der Waals surface area contributed by atoms with Gasteiger partial charge in [-0.25, -0.2) is 0 Å². The molecular formula is C13H15O4. The number of rotatable bonds is 5. The lowest BCUT2D eigenvalue weighted by Gasteiger charge is -2.03. The van der Waals surface area contributed by atoms with Crippen LogP contribution in [0.25, 0.3) is 0 Å². The van der Waals surface area contributed by atoms with Crippen LogP contribution in [-0.4, -0.2) is 19.0 Å². The first-order valence-corrected chi connectivity index (χ1v) is 5.36. The maximum atomic E-state index is 11.4. The zero-order valence-electron chi connectivity index (χ0n) is 9.93. The van der Waals surface area contributed by atoms with E-state index in [1.807, 2.05) is 0 Å². The Kier molecular flexibility index (Phi) is 5.20. The molecule has 0 fully saturated rings. The number of benzene rings is 1. The molecule has 1 aromatic rings. The van der Waals surface area contributed by atoms with Gasteiger partial charge in [-0.1, -0.05) is 19.1 Å². The van der Waals surface area contributed by atoms with E-state index in [-0.39, 0.29) is 6.42 Å². The summed E-state index contributed by atoms with van der Waals surface area (Å²) in [5.74, 6) is -0.423. The zero-order chi connectivity index (χ0) is 12.7. The standard InChI is InChI=1S/C13H15O4/c1-3-4-12(14)17-13(15)9-10-5-7-11(16-2)8-6-10/h4-8H,3,9H2,1-2H3. The van der Waals surface area contributed by atoms with Gasteiger partial charge < -0.3 is 9.47 Å². The van der Waals surface area contributed by atoms with Crippen LogP contribution in [0.4, 0.5) is 0 Å². The summed E-state index contributed by atoms with van der Waals surface area (Å²) in [5, 5.41) is 0. The van der Waals surface area contributed by atoms with E-state index < -0.39 is 11.9 Å². The predicted molar refractivity (Wildman–Crippen MR) is 62.4 cm³/mol. The monoisotopic (exact) mass is 235 g/mol. The quantitative estimate of drug-likeness (QED) is 0.578.